The van der Waals surface area contributed by atoms with E-state index in [-0.39, 0.29) is 18.4 Å². The Morgan fingerprint density at radius 2 is 0.721 bits per heavy atom. The molecule has 0 bridgehead atoms. The highest BCUT2D eigenvalue weighted by Crippen LogP contribution is 2.15. The van der Waals surface area contributed by atoms with Crippen LogP contribution in [0.4, 0.5) is 0 Å². The van der Waals surface area contributed by atoms with Gasteiger partial charge < -0.3 is 15.7 Å². The van der Waals surface area contributed by atoms with Gasteiger partial charge in [0, 0.05) is 19.4 Å². The highest BCUT2D eigenvalue weighted by molar-refractivity contribution is 5.84. The van der Waals surface area contributed by atoms with Crippen molar-refractivity contribution in [2.45, 2.75) is 213 Å². The summed E-state index contributed by atoms with van der Waals surface area (Å²) >= 11 is 0. The number of hydrogen-bond acceptors (Lipinski definition) is 3. The number of unbranched alkanes of at least 4 members (excludes halogenated alkanes) is 26. The van der Waals surface area contributed by atoms with E-state index in [4.69, 9.17) is 0 Å². The number of aliphatic carboxylic acids is 1. The summed E-state index contributed by atoms with van der Waals surface area (Å²) in [5, 5.41) is 14.8. The van der Waals surface area contributed by atoms with Gasteiger partial charge in [-0.1, -0.05) is 181 Å². The van der Waals surface area contributed by atoms with Gasteiger partial charge in [0.05, 0.1) is 0 Å². The normalized spacial score (nSPS) is 11.9. The molecule has 0 aromatic heterocycles. The number of hydrogen-bond donors (Lipinski definition) is 3. The molecule has 0 heterocycles. The fourth-order valence-electron chi connectivity index (χ4n) is 5.73. The van der Waals surface area contributed by atoms with E-state index in [0.717, 1.165) is 38.5 Å². The van der Waals surface area contributed by atoms with Crippen LogP contribution in [0.1, 0.15) is 206 Å². The fourth-order valence-corrected chi connectivity index (χ4v) is 5.73. The van der Waals surface area contributed by atoms with Gasteiger partial charge >= 0.3 is 5.97 Å². The number of nitrogens with one attached hydrogen (secondary N) is 2. The third-order valence-corrected chi connectivity index (χ3v) is 8.65. The van der Waals surface area contributed by atoms with Gasteiger partial charge in [-0.15, -0.1) is 0 Å². The van der Waals surface area contributed by atoms with Crippen LogP contribution >= 0.6 is 0 Å². The predicted molar refractivity (Wildman–Crippen MR) is 182 cm³/mol. The molecule has 0 fully saturated rings. The molecule has 43 heavy (non-hydrogen) atoms. The van der Waals surface area contributed by atoms with Crippen molar-refractivity contribution >= 4 is 17.8 Å². The number of carbonyl (C=O) groups excluding carboxylic acids is 2. The van der Waals surface area contributed by atoms with Crippen LogP contribution in [0.5, 0.6) is 0 Å². The molecule has 3 N–H and O–H groups in total. The van der Waals surface area contributed by atoms with E-state index in [2.05, 4.69) is 24.5 Å². The van der Waals surface area contributed by atoms with E-state index in [9.17, 15) is 19.5 Å². The molecule has 0 radical (unpaired) electrons. The number of carboxylic acids is 1. The highest BCUT2D eigenvalue weighted by Gasteiger charge is 2.20. The quantitative estimate of drug-likeness (QED) is 0.0633. The molecule has 0 aromatic rings. The molecule has 0 spiro atoms. The summed E-state index contributed by atoms with van der Waals surface area (Å²) in [5.74, 6) is -1.48. The Labute approximate surface area is 266 Å². The van der Waals surface area contributed by atoms with Gasteiger partial charge in [0.1, 0.15) is 6.04 Å². The lowest BCUT2D eigenvalue weighted by atomic mass is 10.0. The van der Waals surface area contributed by atoms with Gasteiger partial charge in [-0.2, -0.15) is 0 Å². The predicted octanol–water partition coefficient (Wildman–Crippen LogP) is 10.4. The second-order valence-corrected chi connectivity index (χ2v) is 13.0. The van der Waals surface area contributed by atoms with Crippen molar-refractivity contribution in [2.75, 3.05) is 6.54 Å². The van der Waals surface area contributed by atoms with Gasteiger partial charge in [-0.05, 0) is 12.8 Å². The molecule has 0 aliphatic heterocycles. The summed E-state index contributed by atoms with van der Waals surface area (Å²) in [6.07, 6.45) is 36.2. The number of amides is 2. The first-order chi connectivity index (χ1) is 21.0. The third kappa shape index (κ3) is 31.6. The summed E-state index contributed by atoms with van der Waals surface area (Å²) in [6, 6.07) is -1.07. The summed E-state index contributed by atoms with van der Waals surface area (Å²) in [4.78, 5) is 36.0. The lowest BCUT2D eigenvalue weighted by molar-refractivity contribution is -0.141. The van der Waals surface area contributed by atoms with E-state index >= 15 is 0 Å². The van der Waals surface area contributed by atoms with Crippen LogP contribution in [0.3, 0.4) is 0 Å². The minimum absolute atomic E-state index is 0.0583. The topological polar surface area (TPSA) is 95.5 Å². The van der Waals surface area contributed by atoms with Crippen LogP contribution in [0.15, 0.2) is 0 Å². The van der Waals surface area contributed by atoms with Crippen molar-refractivity contribution in [3.63, 3.8) is 0 Å². The van der Waals surface area contributed by atoms with Crippen molar-refractivity contribution in [2.24, 2.45) is 0 Å². The maximum atomic E-state index is 12.3. The first-order valence-electron chi connectivity index (χ1n) is 18.8. The SMILES string of the molecule is CCCCCCCCCCCCCCCCCC(=O)NC(CNC(=O)CCCCCCCCCCCCCCC)C(=O)O. The minimum Gasteiger partial charge on any atom is -0.480 e. The van der Waals surface area contributed by atoms with Gasteiger partial charge in [0.2, 0.25) is 11.8 Å². The van der Waals surface area contributed by atoms with Crippen molar-refractivity contribution in [3.05, 3.63) is 0 Å². The largest absolute Gasteiger partial charge is 0.480 e. The number of carbonyl (C=O) groups is 3. The van der Waals surface area contributed by atoms with Crippen LogP contribution < -0.4 is 10.6 Å². The molecule has 6 nitrogen and oxygen atoms in total. The number of carboxylic acid groups (broad SMARTS) is 1. The maximum Gasteiger partial charge on any atom is 0.328 e. The van der Waals surface area contributed by atoms with Crippen LogP contribution in [0, 0.1) is 0 Å². The molecule has 0 aromatic carbocycles. The smallest absolute Gasteiger partial charge is 0.328 e. The molecule has 2 amide bonds. The molecule has 0 rings (SSSR count). The zero-order valence-corrected chi connectivity index (χ0v) is 28.7. The van der Waals surface area contributed by atoms with E-state index in [1.165, 1.54) is 141 Å². The standard InChI is InChI=1S/C37H72N2O4/c1-3-5-7-9-11-13-15-17-18-20-22-24-26-28-30-32-36(41)39-34(37(42)43)33-38-35(40)31-29-27-25-23-21-19-16-14-12-10-8-6-4-2/h34H,3-33H2,1-2H3,(H,38,40)(H,39,41)(H,42,43). The minimum atomic E-state index is -1.11. The first-order valence-corrected chi connectivity index (χ1v) is 18.8. The Morgan fingerprint density at radius 3 is 1.02 bits per heavy atom. The average molecular weight is 609 g/mol. The molecular weight excluding hydrogens is 536 g/mol. The van der Waals surface area contributed by atoms with Crippen molar-refractivity contribution < 1.29 is 19.5 Å². The second-order valence-electron chi connectivity index (χ2n) is 13.0. The van der Waals surface area contributed by atoms with E-state index in [1.807, 2.05) is 0 Å². The molecule has 0 saturated heterocycles. The van der Waals surface area contributed by atoms with Gasteiger partial charge in [0.25, 0.3) is 0 Å². The monoisotopic (exact) mass is 609 g/mol. The van der Waals surface area contributed by atoms with Gasteiger partial charge in [0.15, 0.2) is 0 Å². The molecule has 0 aliphatic carbocycles. The Morgan fingerprint density at radius 1 is 0.442 bits per heavy atom. The van der Waals surface area contributed by atoms with E-state index in [0.29, 0.717) is 12.8 Å². The van der Waals surface area contributed by atoms with Gasteiger partial charge in [-0.25, -0.2) is 4.79 Å². The Kier molecular flexibility index (Phi) is 32.1. The van der Waals surface area contributed by atoms with Crippen LogP contribution in [-0.4, -0.2) is 35.5 Å². The third-order valence-electron chi connectivity index (χ3n) is 8.65. The van der Waals surface area contributed by atoms with Crippen molar-refractivity contribution in [3.8, 4) is 0 Å². The Balaban J connectivity index is 3.63. The zero-order valence-electron chi connectivity index (χ0n) is 28.7. The average Bonchev–Trinajstić information content (AvgIpc) is 2.99. The van der Waals surface area contributed by atoms with Crippen LogP contribution in [0.25, 0.3) is 0 Å². The summed E-state index contributed by atoms with van der Waals surface area (Å²) < 4.78 is 0. The summed E-state index contributed by atoms with van der Waals surface area (Å²) in [6.45, 7) is 4.46. The van der Waals surface area contributed by atoms with E-state index < -0.39 is 12.0 Å². The molecule has 1 atom stereocenters. The lowest BCUT2D eigenvalue weighted by Gasteiger charge is -2.15. The Bertz CT molecular complexity index is 640. The number of rotatable bonds is 34. The summed E-state index contributed by atoms with van der Waals surface area (Å²) in [7, 11) is 0. The highest BCUT2D eigenvalue weighted by atomic mass is 16.4. The van der Waals surface area contributed by atoms with Crippen LogP contribution in [0.2, 0.25) is 0 Å². The maximum absolute atomic E-state index is 12.3. The molecule has 6 heteroatoms. The molecule has 1 unspecified atom stereocenters. The lowest BCUT2D eigenvalue weighted by Crippen LogP contribution is -2.48. The molecule has 0 aliphatic rings. The zero-order chi connectivity index (χ0) is 31.6. The van der Waals surface area contributed by atoms with Gasteiger partial charge in [-0.3, -0.25) is 9.59 Å². The fraction of sp³-hybridized carbons (Fsp3) is 0.919. The molecular formula is C37H72N2O4. The molecule has 0 saturated carbocycles. The molecule has 254 valence electrons. The Hall–Kier alpha value is -1.59. The summed E-state index contributed by atoms with van der Waals surface area (Å²) in [5.41, 5.74) is 0. The van der Waals surface area contributed by atoms with Crippen molar-refractivity contribution in [1.82, 2.24) is 10.6 Å². The first kappa shape index (κ1) is 41.4. The van der Waals surface area contributed by atoms with Crippen molar-refractivity contribution in [1.29, 1.82) is 0 Å². The van der Waals surface area contributed by atoms with E-state index in [1.54, 1.807) is 0 Å². The second kappa shape index (κ2) is 33.3. The van der Waals surface area contributed by atoms with Crippen LogP contribution in [-0.2, 0) is 14.4 Å².